The van der Waals surface area contributed by atoms with E-state index in [2.05, 4.69) is 9.71 Å². The van der Waals surface area contributed by atoms with Crippen LogP contribution in [0.3, 0.4) is 0 Å². The first-order chi connectivity index (χ1) is 12.1. The van der Waals surface area contributed by atoms with Gasteiger partial charge in [-0.25, -0.2) is 18.1 Å². The van der Waals surface area contributed by atoms with Gasteiger partial charge in [-0.1, -0.05) is 6.07 Å². The molecule has 3 rings (SSSR count). The lowest BCUT2D eigenvalue weighted by molar-refractivity contribution is -0.0717. The molecule has 1 aliphatic rings. The van der Waals surface area contributed by atoms with E-state index in [9.17, 15) is 8.42 Å². The lowest BCUT2D eigenvalue weighted by Gasteiger charge is -2.31. The summed E-state index contributed by atoms with van der Waals surface area (Å²) in [6, 6.07) is 7.48. The summed E-state index contributed by atoms with van der Waals surface area (Å²) in [7, 11) is -3.75. The molecule has 9 heteroatoms. The first-order valence-electron chi connectivity index (χ1n) is 7.67. The first-order valence-corrected chi connectivity index (χ1v) is 10.1. The van der Waals surface area contributed by atoms with Crippen molar-refractivity contribution in [2.24, 2.45) is 0 Å². The number of nitrogens with zero attached hydrogens (tertiary/aromatic N) is 2. The zero-order chi connectivity index (χ0) is 17.7. The summed E-state index contributed by atoms with van der Waals surface area (Å²) in [6.45, 7) is 1.08. The Morgan fingerprint density at radius 3 is 3.12 bits per heavy atom. The molecular formula is C16H17N3O4S2. The van der Waals surface area contributed by atoms with Crippen LogP contribution in [0.1, 0.15) is 17.7 Å². The number of rotatable bonds is 6. The highest BCUT2D eigenvalue weighted by Gasteiger charge is 2.31. The second kappa shape index (κ2) is 8.03. The maximum atomic E-state index is 12.6. The van der Waals surface area contributed by atoms with E-state index in [4.69, 9.17) is 14.7 Å². The molecule has 1 aliphatic heterocycles. The van der Waals surface area contributed by atoms with E-state index < -0.39 is 22.2 Å². The second-order valence-electron chi connectivity index (χ2n) is 5.56. The van der Waals surface area contributed by atoms with E-state index in [1.165, 1.54) is 23.5 Å². The van der Waals surface area contributed by atoms with Crippen LogP contribution in [0.25, 0.3) is 0 Å². The van der Waals surface area contributed by atoms with Crippen LogP contribution in [0.4, 0.5) is 0 Å². The fourth-order valence-electron chi connectivity index (χ4n) is 2.51. The van der Waals surface area contributed by atoms with E-state index in [0.29, 0.717) is 31.8 Å². The van der Waals surface area contributed by atoms with Crippen LogP contribution in [-0.2, 0) is 26.1 Å². The summed E-state index contributed by atoms with van der Waals surface area (Å²) in [5.74, 6) is 0. The molecule has 2 atom stereocenters. The van der Waals surface area contributed by atoms with E-state index in [1.54, 1.807) is 17.6 Å². The number of hydrogen-bond donors (Lipinski definition) is 1. The fraction of sp³-hybridized carbons (Fsp3) is 0.375. The van der Waals surface area contributed by atoms with Crippen molar-refractivity contribution in [2.45, 2.75) is 30.1 Å². The molecule has 0 bridgehead atoms. The fourth-order valence-corrected chi connectivity index (χ4v) is 4.40. The van der Waals surface area contributed by atoms with Crippen molar-refractivity contribution < 1.29 is 17.9 Å². The van der Waals surface area contributed by atoms with Crippen molar-refractivity contribution >= 4 is 21.4 Å². The monoisotopic (exact) mass is 379 g/mol. The van der Waals surface area contributed by atoms with Gasteiger partial charge in [-0.2, -0.15) is 5.26 Å². The molecule has 2 heterocycles. The van der Waals surface area contributed by atoms with E-state index >= 15 is 0 Å². The summed E-state index contributed by atoms with van der Waals surface area (Å²) in [6.07, 6.45) is 0.114. The van der Waals surface area contributed by atoms with Crippen molar-refractivity contribution in [1.82, 2.24) is 9.71 Å². The maximum Gasteiger partial charge on any atom is 0.240 e. The summed E-state index contributed by atoms with van der Waals surface area (Å²) < 4.78 is 39.1. The normalized spacial score (nSPS) is 20.9. The minimum absolute atomic E-state index is 0.0660. The van der Waals surface area contributed by atoms with Crippen molar-refractivity contribution in [2.75, 3.05) is 13.2 Å². The highest BCUT2D eigenvalue weighted by Crippen LogP contribution is 2.18. The van der Waals surface area contributed by atoms with Gasteiger partial charge in [-0.15, -0.1) is 11.3 Å². The minimum atomic E-state index is -3.75. The highest BCUT2D eigenvalue weighted by molar-refractivity contribution is 7.89. The topological polar surface area (TPSA) is 101 Å². The van der Waals surface area contributed by atoms with Gasteiger partial charge in [0.15, 0.2) is 0 Å². The zero-order valence-corrected chi connectivity index (χ0v) is 14.9. The molecule has 7 nitrogen and oxygen atoms in total. The molecule has 0 amide bonds. The third kappa shape index (κ3) is 4.62. The Kier molecular flexibility index (Phi) is 5.78. The Hall–Kier alpha value is -1.83. The lowest BCUT2D eigenvalue weighted by Crippen LogP contribution is -2.49. The van der Waals surface area contributed by atoms with E-state index in [1.807, 2.05) is 11.4 Å². The predicted molar refractivity (Wildman–Crippen MR) is 91.4 cm³/mol. The van der Waals surface area contributed by atoms with Crippen LogP contribution in [0.2, 0.25) is 0 Å². The van der Waals surface area contributed by atoms with E-state index in [0.717, 1.165) is 5.69 Å². The Morgan fingerprint density at radius 1 is 1.48 bits per heavy atom. The van der Waals surface area contributed by atoms with Crippen LogP contribution in [0, 0.1) is 11.3 Å². The third-order valence-corrected chi connectivity index (χ3v) is 5.94. The van der Waals surface area contributed by atoms with Gasteiger partial charge in [-0.05, 0) is 24.6 Å². The molecule has 25 heavy (non-hydrogen) atoms. The van der Waals surface area contributed by atoms with Gasteiger partial charge in [0.25, 0.3) is 0 Å². The van der Waals surface area contributed by atoms with Gasteiger partial charge >= 0.3 is 0 Å². The average molecular weight is 379 g/mol. The van der Waals surface area contributed by atoms with Crippen LogP contribution in [0.5, 0.6) is 0 Å². The number of nitrogens with one attached hydrogen (secondary N) is 1. The van der Waals surface area contributed by atoms with E-state index in [-0.39, 0.29) is 4.90 Å². The molecule has 1 aromatic carbocycles. The first kappa shape index (κ1) is 18.0. The number of aromatic nitrogens is 1. The van der Waals surface area contributed by atoms with Gasteiger partial charge in [-0.3, -0.25) is 0 Å². The molecule has 1 fully saturated rings. The molecule has 0 unspecified atom stereocenters. The van der Waals surface area contributed by atoms with Gasteiger partial charge in [0.05, 0.1) is 53.1 Å². The molecule has 2 aromatic rings. The molecule has 1 saturated heterocycles. The number of benzene rings is 1. The summed E-state index contributed by atoms with van der Waals surface area (Å²) in [5.41, 5.74) is 2.82. The molecular weight excluding hydrogens is 362 g/mol. The van der Waals surface area contributed by atoms with Crippen LogP contribution >= 0.6 is 11.3 Å². The molecule has 0 radical (unpaired) electrons. The van der Waals surface area contributed by atoms with Crippen molar-refractivity contribution in [1.29, 1.82) is 5.26 Å². The largest absolute Gasteiger partial charge is 0.379 e. The molecule has 1 N–H and O–H groups in total. The summed E-state index contributed by atoms with van der Waals surface area (Å²) in [5, 5.41) is 10.8. The maximum absolute atomic E-state index is 12.6. The smallest absolute Gasteiger partial charge is 0.240 e. The van der Waals surface area contributed by atoms with Crippen molar-refractivity contribution in [3.8, 4) is 6.07 Å². The number of ether oxygens (including phenoxy) is 2. The van der Waals surface area contributed by atoms with Crippen molar-refractivity contribution in [3.05, 3.63) is 46.4 Å². The van der Waals surface area contributed by atoms with Crippen LogP contribution < -0.4 is 4.72 Å². The molecule has 0 aliphatic carbocycles. The number of hydrogen-bond acceptors (Lipinski definition) is 7. The predicted octanol–water partition coefficient (Wildman–Crippen LogP) is 1.67. The van der Waals surface area contributed by atoms with Crippen molar-refractivity contribution in [3.63, 3.8) is 0 Å². The molecule has 0 saturated carbocycles. The highest BCUT2D eigenvalue weighted by atomic mass is 32.2. The lowest BCUT2D eigenvalue weighted by atomic mass is 10.1. The third-order valence-electron chi connectivity index (χ3n) is 3.81. The summed E-state index contributed by atoms with van der Waals surface area (Å²) >= 11 is 1.48. The Labute approximate surface area is 150 Å². The Bertz CT molecular complexity index is 847. The Morgan fingerprint density at radius 2 is 2.36 bits per heavy atom. The van der Waals surface area contributed by atoms with Crippen LogP contribution in [-0.4, -0.2) is 38.8 Å². The van der Waals surface area contributed by atoms with Gasteiger partial charge in [0, 0.05) is 12.0 Å². The number of sulfonamides is 1. The number of thiazole rings is 1. The second-order valence-corrected chi connectivity index (χ2v) is 7.99. The SMILES string of the molecule is N#Cc1cccc(S(=O)(=O)N[C@@H]2CCOC[C@H]2OCc2cscn2)c1. The zero-order valence-electron chi connectivity index (χ0n) is 13.3. The minimum Gasteiger partial charge on any atom is -0.379 e. The molecule has 0 spiro atoms. The quantitative estimate of drug-likeness (QED) is 0.819. The summed E-state index contributed by atoms with van der Waals surface area (Å²) in [4.78, 5) is 4.22. The Balaban J connectivity index is 1.70. The molecule has 1 aromatic heterocycles. The van der Waals surface area contributed by atoms with Crippen LogP contribution in [0.15, 0.2) is 40.1 Å². The average Bonchev–Trinajstić information content (AvgIpc) is 3.14. The molecule has 132 valence electrons. The van der Waals surface area contributed by atoms with Gasteiger partial charge in [0.2, 0.25) is 10.0 Å². The standard InChI is InChI=1S/C16H17N3O4S2/c17-7-12-2-1-3-14(6-12)25(20,21)19-15-4-5-22-9-16(15)23-8-13-10-24-11-18-13/h1-3,6,10-11,15-16,19H,4-5,8-9H2/t15-,16-/m1/s1. The van der Waals surface area contributed by atoms with Gasteiger partial charge in [0.1, 0.15) is 0 Å². The van der Waals surface area contributed by atoms with Gasteiger partial charge < -0.3 is 9.47 Å². The number of nitriles is 1.